The van der Waals surface area contributed by atoms with Crippen LogP contribution in [0.3, 0.4) is 0 Å². The summed E-state index contributed by atoms with van der Waals surface area (Å²) in [5.41, 5.74) is -0.618. The molecule has 0 saturated carbocycles. The summed E-state index contributed by atoms with van der Waals surface area (Å²) in [5.74, 6) is -0.745. The first-order valence-electron chi connectivity index (χ1n) is 9.75. The van der Waals surface area contributed by atoms with Crippen molar-refractivity contribution in [1.29, 1.82) is 0 Å². The number of carbonyl (C=O) groups is 2. The number of nitrogens with zero attached hydrogens (tertiary/aromatic N) is 2. The Balaban J connectivity index is 1.41. The molecule has 1 aromatic carbocycles. The molecule has 0 aliphatic carbocycles. The van der Waals surface area contributed by atoms with Crippen LogP contribution in [0.25, 0.3) is 0 Å². The van der Waals surface area contributed by atoms with Gasteiger partial charge in [-0.3, -0.25) is 28.8 Å². The van der Waals surface area contributed by atoms with E-state index < -0.39 is 42.4 Å². The van der Waals surface area contributed by atoms with Gasteiger partial charge in [-0.25, -0.2) is 4.79 Å². The van der Waals surface area contributed by atoms with Crippen LogP contribution in [-0.4, -0.2) is 74.5 Å². The van der Waals surface area contributed by atoms with Crippen molar-refractivity contribution >= 4 is 11.8 Å². The molecule has 0 spiro atoms. The SMILES string of the molecule is O=C1c2ccccc2C(=O)N1CCCO[C@@H]1[C@H](O)[C@@H](CO)O[C@H]1n1ccc(=O)[nH]c1=O. The van der Waals surface area contributed by atoms with E-state index in [1.165, 1.54) is 6.20 Å². The number of hydrogen-bond donors (Lipinski definition) is 3. The van der Waals surface area contributed by atoms with Crippen molar-refractivity contribution in [3.8, 4) is 0 Å². The van der Waals surface area contributed by atoms with Crippen molar-refractivity contribution in [1.82, 2.24) is 14.5 Å². The monoisotopic (exact) mass is 431 g/mol. The molecule has 31 heavy (non-hydrogen) atoms. The highest BCUT2D eigenvalue weighted by Gasteiger charge is 2.45. The maximum Gasteiger partial charge on any atom is 0.330 e. The second-order valence-electron chi connectivity index (χ2n) is 7.25. The van der Waals surface area contributed by atoms with Gasteiger partial charge < -0.3 is 19.7 Å². The number of aromatic nitrogens is 2. The Morgan fingerprint density at radius 1 is 1.06 bits per heavy atom. The third kappa shape index (κ3) is 3.83. The zero-order valence-corrected chi connectivity index (χ0v) is 16.3. The summed E-state index contributed by atoms with van der Waals surface area (Å²) in [6, 6.07) is 7.70. The Kier molecular flexibility index (Phi) is 5.83. The standard InChI is InChI=1S/C20H21N3O8/c24-10-13-15(26)16(19(31-13)23-8-6-14(25)21-20(23)29)30-9-3-7-22-17(27)11-4-1-2-5-12(11)18(22)28/h1-2,4-6,8,13,15-16,19,24,26H,3,7,9-10H2,(H,21,25,29)/t13-,15-,16-,19-/m1/s1. The topological polar surface area (TPSA) is 151 Å². The predicted molar refractivity (Wildman–Crippen MR) is 104 cm³/mol. The molecule has 0 bridgehead atoms. The van der Waals surface area contributed by atoms with Gasteiger partial charge in [-0.05, 0) is 18.6 Å². The number of hydrogen-bond acceptors (Lipinski definition) is 8. The van der Waals surface area contributed by atoms with Crippen LogP contribution in [0.4, 0.5) is 0 Å². The Labute approximate surface area is 175 Å². The molecule has 1 aromatic heterocycles. The summed E-state index contributed by atoms with van der Waals surface area (Å²) in [5, 5.41) is 19.8. The van der Waals surface area contributed by atoms with Gasteiger partial charge in [-0.1, -0.05) is 12.1 Å². The third-order valence-corrected chi connectivity index (χ3v) is 5.33. The van der Waals surface area contributed by atoms with E-state index >= 15 is 0 Å². The lowest BCUT2D eigenvalue weighted by molar-refractivity contribution is -0.0750. The number of aliphatic hydroxyl groups excluding tert-OH is 2. The third-order valence-electron chi connectivity index (χ3n) is 5.33. The van der Waals surface area contributed by atoms with Crippen LogP contribution in [0.1, 0.15) is 33.4 Å². The molecule has 3 N–H and O–H groups in total. The summed E-state index contributed by atoms with van der Waals surface area (Å²) in [4.78, 5) is 51.4. The molecule has 164 valence electrons. The fraction of sp³-hybridized carbons (Fsp3) is 0.400. The molecule has 1 saturated heterocycles. The number of benzene rings is 1. The van der Waals surface area contributed by atoms with E-state index in [1.54, 1.807) is 24.3 Å². The van der Waals surface area contributed by atoms with Gasteiger partial charge in [0.05, 0.1) is 17.7 Å². The molecule has 4 rings (SSSR count). The molecule has 11 heteroatoms. The number of ether oxygens (including phenoxy) is 2. The molecule has 11 nitrogen and oxygen atoms in total. The number of amides is 2. The first kappa shape index (κ1) is 21.1. The van der Waals surface area contributed by atoms with Gasteiger partial charge in [-0.15, -0.1) is 0 Å². The lowest BCUT2D eigenvalue weighted by atomic mass is 10.1. The van der Waals surface area contributed by atoms with Crippen LogP contribution in [0.5, 0.6) is 0 Å². The highest BCUT2D eigenvalue weighted by Crippen LogP contribution is 2.31. The number of H-pyrrole nitrogens is 1. The Morgan fingerprint density at radius 2 is 1.74 bits per heavy atom. The second-order valence-corrected chi connectivity index (χ2v) is 7.25. The molecule has 4 atom stereocenters. The van der Waals surface area contributed by atoms with Gasteiger partial charge in [0.25, 0.3) is 17.4 Å². The lowest BCUT2D eigenvalue weighted by Gasteiger charge is -2.22. The Bertz CT molecular complexity index is 1070. The van der Waals surface area contributed by atoms with Gasteiger partial charge in [0.15, 0.2) is 6.23 Å². The molecule has 0 unspecified atom stereocenters. The van der Waals surface area contributed by atoms with Crippen LogP contribution >= 0.6 is 0 Å². The highest BCUT2D eigenvalue weighted by molar-refractivity contribution is 6.21. The van der Waals surface area contributed by atoms with E-state index in [4.69, 9.17) is 9.47 Å². The van der Waals surface area contributed by atoms with Gasteiger partial charge in [-0.2, -0.15) is 0 Å². The molecule has 0 radical (unpaired) electrons. The van der Waals surface area contributed by atoms with E-state index in [1.807, 2.05) is 0 Å². The molecule has 2 aliphatic rings. The number of carbonyl (C=O) groups excluding carboxylic acids is 2. The molecule has 2 aromatic rings. The van der Waals surface area contributed by atoms with E-state index in [2.05, 4.69) is 4.98 Å². The van der Waals surface area contributed by atoms with Gasteiger partial charge in [0.1, 0.15) is 18.3 Å². The Hall–Kier alpha value is -3.12. The van der Waals surface area contributed by atoms with Crippen LogP contribution in [0, 0.1) is 0 Å². The van der Waals surface area contributed by atoms with E-state index in [0.717, 1.165) is 15.5 Å². The fourth-order valence-electron chi connectivity index (χ4n) is 3.79. The van der Waals surface area contributed by atoms with Crippen molar-refractivity contribution in [2.24, 2.45) is 0 Å². The summed E-state index contributed by atoms with van der Waals surface area (Å²) in [6.45, 7) is -0.335. The van der Waals surface area contributed by atoms with Crippen LogP contribution in [0.2, 0.25) is 0 Å². The Morgan fingerprint density at radius 3 is 2.35 bits per heavy atom. The summed E-state index contributed by atoms with van der Waals surface area (Å²) in [7, 11) is 0. The quantitative estimate of drug-likeness (QED) is 0.368. The van der Waals surface area contributed by atoms with Crippen molar-refractivity contribution in [2.45, 2.75) is 31.0 Å². The first-order valence-corrected chi connectivity index (χ1v) is 9.75. The van der Waals surface area contributed by atoms with Crippen molar-refractivity contribution in [2.75, 3.05) is 19.8 Å². The zero-order chi connectivity index (χ0) is 22.1. The fourth-order valence-corrected chi connectivity index (χ4v) is 3.79. The lowest BCUT2D eigenvalue weighted by Crippen LogP contribution is -2.40. The highest BCUT2D eigenvalue weighted by atomic mass is 16.6. The van der Waals surface area contributed by atoms with E-state index in [9.17, 15) is 29.4 Å². The molecular weight excluding hydrogens is 410 g/mol. The average molecular weight is 431 g/mol. The number of nitrogens with one attached hydrogen (secondary N) is 1. The number of aliphatic hydroxyl groups is 2. The number of aromatic amines is 1. The van der Waals surface area contributed by atoms with Gasteiger partial charge >= 0.3 is 5.69 Å². The first-order chi connectivity index (χ1) is 14.9. The second kappa shape index (κ2) is 8.55. The zero-order valence-electron chi connectivity index (χ0n) is 16.3. The largest absolute Gasteiger partial charge is 0.394 e. The van der Waals surface area contributed by atoms with Crippen molar-refractivity contribution < 1.29 is 29.3 Å². The maximum atomic E-state index is 12.4. The normalized spacial score (nSPS) is 25.3. The minimum Gasteiger partial charge on any atom is -0.394 e. The van der Waals surface area contributed by atoms with Crippen LogP contribution < -0.4 is 11.2 Å². The number of rotatable bonds is 7. The van der Waals surface area contributed by atoms with Gasteiger partial charge in [0.2, 0.25) is 0 Å². The molecule has 2 amide bonds. The summed E-state index contributed by atoms with van der Waals surface area (Å²) >= 11 is 0. The average Bonchev–Trinajstić information content (AvgIpc) is 3.20. The maximum absolute atomic E-state index is 12.4. The van der Waals surface area contributed by atoms with Crippen molar-refractivity contribution in [3.05, 3.63) is 68.5 Å². The summed E-state index contributed by atoms with van der Waals surface area (Å²) in [6.07, 6.45) is -2.80. The van der Waals surface area contributed by atoms with Crippen LogP contribution in [-0.2, 0) is 9.47 Å². The predicted octanol–water partition coefficient (Wildman–Crippen LogP) is -1.14. The smallest absolute Gasteiger partial charge is 0.330 e. The number of fused-ring (bicyclic) bond motifs is 1. The minimum absolute atomic E-state index is 0.0469. The van der Waals surface area contributed by atoms with Crippen molar-refractivity contribution in [3.63, 3.8) is 0 Å². The summed E-state index contributed by atoms with van der Waals surface area (Å²) < 4.78 is 12.3. The molecule has 3 heterocycles. The minimum atomic E-state index is -1.23. The van der Waals surface area contributed by atoms with Gasteiger partial charge in [0, 0.05) is 25.4 Å². The van der Waals surface area contributed by atoms with E-state index in [0.29, 0.717) is 11.1 Å². The number of imide groups is 1. The molecular formula is C20H21N3O8. The molecule has 1 fully saturated rings. The van der Waals surface area contributed by atoms with E-state index in [-0.39, 0.29) is 31.4 Å². The molecule has 2 aliphatic heterocycles. The van der Waals surface area contributed by atoms with Crippen LogP contribution in [0.15, 0.2) is 46.1 Å².